The highest BCUT2D eigenvalue weighted by atomic mass is 32.2. The predicted octanol–water partition coefficient (Wildman–Crippen LogP) is 1.69. The normalized spacial score (nSPS) is 11.6. The SMILES string of the molecule is CCCc1ccccc1CNS(C)(=O)=O. The summed E-state index contributed by atoms with van der Waals surface area (Å²) in [5, 5.41) is 0. The van der Waals surface area contributed by atoms with Gasteiger partial charge in [-0.25, -0.2) is 13.1 Å². The van der Waals surface area contributed by atoms with E-state index in [4.69, 9.17) is 0 Å². The molecule has 1 N–H and O–H groups in total. The smallest absolute Gasteiger partial charge is 0.209 e. The second kappa shape index (κ2) is 5.28. The van der Waals surface area contributed by atoms with E-state index in [1.807, 2.05) is 24.3 Å². The van der Waals surface area contributed by atoms with Gasteiger partial charge < -0.3 is 0 Å². The van der Waals surface area contributed by atoms with Crippen LogP contribution >= 0.6 is 0 Å². The van der Waals surface area contributed by atoms with Crippen molar-refractivity contribution in [2.75, 3.05) is 6.26 Å². The number of benzene rings is 1. The summed E-state index contributed by atoms with van der Waals surface area (Å²) in [6, 6.07) is 7.92. The second-order valence-corrected chi connectivity index (χ2v) is 5.44. The maximum Gasteiger partial charge on any atom is 0.209 e. The van der Waals surface area contributed by atoms with Crippen molar-refractivity contribution in [1.82, 2.24) is 4.72 Å². The molecule has 0 bridgehead atoms. The largest absolute Gasteiger partial charge is 0.213 e. The Balaban J connectivity index is 2.75. The van der Waals surface area contributed by atoms with Crippen molar-refractivity contribution < 1.29 is 8.42 Å². The van der Waals surface area contributed by atoms with Crippen molar-refractivity contribution in [2.24, 2.45) is 0 Å². The lowest BCUT2D eigenvalue weighted by Crippen LogP contribution is -2.21. The van der Waals surface area contributed by atoms with Crippen molar-refractivity contribution in [3.8, 4) is 0 Å². The van der Waals surface area contributed by atoms with Crippen LogP contribution in [0.4, 0.5) is 0 Å². The molecule has 0 aromatic heterocycles. The van der Waals surface area contributed by atoms with E-state index < -0.39 is 10.0 Å². The molecule has 0 aliphatic carbocycles. The Labute approximate surface area is 91.6 Å². The van der Waals surface area contributed by atoms with Gasteiger partial charge in [0.2, 0.25) is 10.0 Å². The molecule has 4 heteroatoms. The molecule has 0 aliphatic heterocycles. The second-order valence-electron chi connectivity index (χ2n) is 3.61. The number of rotatable bonds is 5. The summed E-state index contributed by atoms with van der Waals surface area (Å²) >= 11 is 0. The molecule has 3 nitrogen and oxygen atoms in total. The zero-order chi connectivity index (χ0) is 11.3. The van der Waals surface area contributed by atoms with E-state index in [1.54, 1.807) is 0 Å². The Morgan fingerprint density at radius 1 is 1.20 bits per heavy atom. The third kappa shape index (κ3) is 4.44. The minimum Gasteiger partial charge on any atom is -0.213 e. The highest BCUT2D eigenvalue weighted by Gasteiger charge is 2.04. The minimum absolute atomic E-state index is 0.384. The third-order valence-corrected chi connectivity index (χ3v) is 2.83. The molecule has 1 aromatic carbocycles. The molecule has 0 radical (unpaired) electrons. The Morgan fingerprint density at radius 3 is 2.33 bits per heavy atom. The van der Waals surface area contributed by atoms with Crippen LogP contribution < -0.4 is 4.72 Å². The Kier molecular flexibility index (Phi) is 4.29. The summed E-state index contributed by atoms with van der Waals surface area (Å²) in [5.41, 5.74) is 2.28. The van der Waals surface area contributed by atoms with E-state index in [-0.39, 0.29) is 0 Å². The van der Waals surface area contributed by atoms with Crippen molar-refractivity contribution in [1.29, 1.82) is 0 Å². The molecule has 1 rings (SSSR count). The number of hydrogen-bond donors (Lipinski definition) is 1. The van der Waals surface area contributed by atoms with Crippen LogP contribution in [0.3, 0.4) is 0 Å². The summed E-state index contributed by atoms with van der Waals surface area (Å²) in [4.78, 5) is 0. The van der Waals surface area contributed by atoms with Crippen LogP contribution in [-0.4, -0.2) is 14.7 Å². The molecule has 0 amide bonds. The zero-order valence-corrected chi connectivity index (χ0v) is 9.97. The van der Waals surface area contributed by atoms with Gasteiger partial charge in [0.05, 0.1) is 6.26 Å². The van der Waals surface area contributed by atoms with Gasteiger partial charge in [-0.3, -0.25) is 0 Å². The first-order chi connectivity index (χ1) is 7.03. The summed E-state index contributed by atoms with van der Waals surface area (Å²) in [6.45, 7) is 2.50. The number of aryl methyl sites for hydroxylation is 1. The average molecular weight is 227 g/mol. The quantitative estimate of drug-likeness (QED) is 0.832. The first kappa shape index (κ1) is 12.2. The van der Waals surface area contributed by atoms with Gasteiger partial charge in [0.25, 0.3) is 0 Å². The van der Waals surface area contributed by atoms with E-state index >= 15 is 0 Å². The molecule has 0 saturated carbocycles. The van der Waals surface area contributed by atoms with Crippen molar-refractivity contribution in [2.45, 2.75) is 26.3 Å². The van der Waals surface area contributed by atoms with Crippen LogP contribution in [0, 0.1) is 0 Å². The molecule has 0 atom stereocenters. The van der Waals surface area contributed by atoms with Gasteiger partial charge in [-0.15, -0.1) is 0 Å². The monoisotopic (exact) mass is 227 g/mol. The fourth-order valence-corrected chi connectivity index (χ4v) is 1.87. The molecular formula is C11H17NO2S. The van der Waals surface area contributed by atoms with E-state index in [2.05, 4.69) is 11.6 Å². The maximum absolute atomic E-state index is 11.0. The van der Waals surface area contributed by atoms with Gasteiger partial charge in [0.1, 0.15) is 0 Å². The molecule has 0 heterocycles. The molecule has 15 heavy (non-hydrogen) atoms. The van der Waals surface area contributed by atoms with E-state index in [0.29, 0.717) is 6.54 Å². The highest BCUT2D eigenvalue weighted by molar-refractivity contribution is 7.88. The fraction of sp³-hybridized carbons (Fsp3) is 0.455. The van der Waals surface area contributed by atoms with Crippen LogP contribution in [0.5, 0.6) is 0 Å². The van der Waals surface area contributed by atoms with Crippen LogP contribution in [0.25, 0.3) is 0 Å². The maximum atomic E-state index is 11.0. The van der Waals surface area contributed by atoms with Crippen molar-refractivity contribution >= 4 is 10.0 Å². The fourth-order valence-electron chi connectivity index (χ4n) is 1.45. The van der Waals surface area contributed by atoms with Crippen LogP contribution in [-0.2, 0) is 23.0 Å². The summed E-state index contributed by atoms with van der Waals surface area (Å²) in [5.74, 6) is 0. The summed E-state index contributed by atoms with van der Waals surface area (Å²) < 4.78 is 24.4. The standard InChI is InChI=1S/C11H17NO2S/c1-3-6-10-7-4-5-8-11(10)9-12-15(2,13)14/h4-5,7-8,12H,3,6,9H2,1-2H3. The van der Waals surface area contributed by atoms with E-state index in [1.165, 1.54) is 11.8 Å². The predicted molar refractivity (Wildman–Crippen MR) is 62.1 cm³/mol. The molecule has 0 aliphatic rings. The number of hydrogen-bond acceptors (Lipinski definition) is 2. The van der Waals surface area contributed by atoms with Gasteiger partial charge in [-0.1, -0.05) is 37.6 Å². The lowest BCUT2D eigenvalue weighted by Gasteiger charge is -2.08. The third-order valence-electron chi connectivity index (χ3n) is 2.16. The lowest BCUT2D eigenvalue weighted by atomic mass is 10.0. The first-order valence-corrected chi connectivity index (χ1v) is 6.93. The van der Waals surface area contributed by atoms with E-state index in [9.17, 15) is 8.42 Å². The van der Waals surface area contributed by atoms with Gasteiger partial charge in [0, 0.05) is 6.54 Å². The van der Waals surface area contributed by atoms with Gasteiger partial charge in [-0.05, 0) is 17.5 Å². The molecule has 0 fully saturated rings. The van der Waals surface area contributed by atoms with Crippen LogP contribution in [0.15, 0.2) is 24.3 Å². The molecule has 1 aromatic rings. The van der Waals surface area contributed by atoms with Crippen molar-refractivity contribution in [3.05, 3.63) is 35.4 Å². The van der Waals surface area contributed by atoms with Gasteiger partial charge in [-0.2, -0.15) is 0 Å². The molecule has 0 saturated heterocycles. The van der Waals surface area contributed by atoms with E-state index in [0.717, 1.165) is 18.4 Å². The molecular weight excluding hydrogens is 210 g/mol. The summed E-state index contributed by atoms with van der Waals surface area (Å²) in [6.07, 6.45) is 3.23. The lowest BCUT2D eigenvalue weighted by molar-refractivity contribution is 0.587. The minimum atomic E-state index is -3.10. The van der Waals surface area contributed by atoms with Crippen LogP contribution in [0.1, 0.15) is 24.5 Å². The van der Waals surface area contributed by atoms with Crippen molar-refractivity contribution in [3.63, 3.8) is 0 Å². The Hall–Kier alpha value is -0.870. The van der Waals surface area contributed by atoms with Gasteiger partial charge >= 0.3 is 0 Å². The topological polar surface area (TPSA) is 46.2 Å². The average Bonchev–Trinajstić information content (AvgIpc) is 2.16. The van der Waals surface area contributed by atoms with Gasteiger partial charge in [0.15, 0.2) is 0 Å². The van der Waals surface area contributed by atoms with Crippen LogP contribution in [0.2, 0.25) is 0 Å². The Bertz CT molecular complexity index is 412. The number of nitrogens with one attached hydrogen (secondary N) is 1. The zero-order valence-electron chi connectivity index (χ0n) is 9.16. The highest BCUT2D eigenvalue weighted by Crippen LogP contribution is 2.10. The molecule has 0 unspecified atom stereocenters. The number of sulfonamides is 1. The Morgan fingerprint density at radius 2 is 1.80 bits per heavy atom. The first-order valence-electron chi connectivity index (χ1n) is 5.04. The molecule has 0 spiro atoms. The molecule has 84 valence electrons. The summed E-state index contributed by atoms with van der Waals surface area (Å²) in [7, 11) is -3.10.